The van der Waals surface area contributed by atoms with Gasteiger partial charge in [-0.05, 0) is 0 Å². The van der Waals surface area contributed by atoms with E-state index in [-0.39, 0.29) is 0 Å². The lowest BCUT2D eigenvalue weighted by Gasteiger charge is -2.01. The molecule has 0 radical (unpaired) electrons. The van der Waals surface area contributed by atoms with Crippen molar-refractivity contribution in [3.05, 3.63) is 28.2 Å². The molecule has 1 aromatic heterocycles. The first-order valence-electron chi connectivity index (χ1n) is 3.24. The Morgan fingerprint density at radius 3 is 2.85 bits per heavy atom. The molecule has 0 spiro atoms. The average molecular weight is 187 g/mol. The number of nitrogens with zero attached hydrogens (tertiary/aromatic N) is 2. The highest BCUT2D eigenvalue weighted by atomic mass is 19.1. The first kappa shape index (κ1) is 9.33. The van der Waals surface area contributed by atoms with E-state index < -0.39 is 29.8 Å². The molecule has 1 aromatic rings. The van der Waals surface area contributed by atoms with Gasteiger partial charge in [-0.15, -0.1) is 0 Å². The molecule has 3 N–H and O–H groups in total. The number of amides is 1. The second-order valence-electron chi connectivity index (χ2n) is 2.19. The molecule has 0 unspecified atom stereocenters. The number of primary amides is 1. The Labute approximate surface area is 71.4 Å². The number of nitrogens with two attached hydrogens (primary N) is 1. The van der Waals surface area contributed by atoms with Crippen LogP contribution < -0.4 is 11.3 Å². The Hall–Kier alpha value is -1.76. The molecule has 0 aliphatic carbocycles. The van der Waals surface area contributed by atoms with Gasteiger partial charge >= 0.3 is 0 Å². The largest absolute Gasteiger partial charge is 0.376 e. The highest BCUT2D eigenvalue weighted by Crippen LogP contribution is 1.91. The second-order valence-corrected chi connectivity index (χ2v) is 2.19. The van der Waals surface area contributed by atoms with Gasteiger partial charge in [-0.25, -0.2) is 4.98 Å². The zero-order chi connectivity index (χ0) is 10.0. The number of aromatic nitrogens is 2. The van der Waals surface area contributed by atoms with Crippen molar-refractivity contribution in [3.8, 4) is 0 Å². The molecular formula is C6H6FN3O3. The van der Waals surface area contributed by atoms with Gasteiger partial charge in [0.2, 0.25) is 5.95 Å². The topological polar surface area (TPSA) is 98.2 Å². The lowest BCUT2D eigenvalue weighted by atomic mass is 10.4. The van der Waals surface area contributed by atoms with Crippen LogP contribution in [0.1, 0.15) is 10.5 Å². The molecule has 0 saturated carbocycles. The first-order chi connectivity index (χ1) is 6.06. The van der Waals surface area contributed by atoms with Crippen molar-refractivity contribution in [2.24, 2.45) is 5.73 Å². The van der Waals surface area contributed by atoms with E-state index in [4.69, 9.17) is 10.8 Å². The van der Waals surface area contributed by atoms with E-state index in [1.165, 1.54) is 0 Å². The molecule has 6 nitrogen and oxygen atoms in total. The van der Waals surface area contributed by atoms with Gasteiger partial charge in [-0.1, -0.05) is 0 Å². The minimum atomic E-state index is -1.13. The van der Waals surface area contributed by atoms with Gasteiger partial charge in [0.1, 0.15) is 6.73 Å². The third-order valence-corrected chi connectivity index (χ3v) is 1.33. The van der Waals surface area contributed by atoms with Crippen LogP contribution in [-0.2, 0) is 6.73 Å². The molecule has 0 aromatic carbocycles. The summed E-state index contributed by atoms with van der Waals surface area (Å²) in [7, 11) is 0. The summed E-state index contributed by atoms with van der Waals surface area (Å²) in [5, 5.41) is 8.57. The van der Waals surface area contributed by atoms with Crippen molar-refractivity contribution >= 4 is 5.91 Å². The summed E-state index contributed by atoms with van der Waals surface area (Å²) in [6.07, 6.45) is 0.675. The van der Waals surface area contributed by atoms with Crippen LogP contribution in [-0.4, -0.2) is 20.6 Å². The number of rotatable bonds is 2. The number of carbonyl (C=O) groups excluding carboxylic acids is 1. The molecule has 7 heteroatoms. The third-order valence-electron chi connectivity index (χ3n) is 1.33. The minimum Gasteiger partial charge on any atom is -0.376 e. The van der Waals surface area contributed by atoms with Gasteiger partial charge in [0.05, 0.1) is 6.20 Å². The van der Waals surface area contributed by atoms with Crippen molar-refractivity contribution in [2.45, 2.75) is 6.73 Å². The van der Waals surface area contributed by atoms with Crippen molar-refractivity contribution in [3.63, 3.8) is 0 Å². The zero-order valence-electron chi connectivity index (χ0n) is 6.40. The van der Waals surface area contributed by atoms with Crippen LogP contribution >= 0.6 is 0 Å². The molecule has 0 aliphatic heterocycles. The minimum absolute atomic E-state index is 0.586. The summed E-state index contributed by atoms with van der Waals surface area (Å²) in [6.45, 7) is -0.738. The third kappa shape index (κ3) is 1.70. The fourth-order valence-corrected chi connectivity index (χ4v) is 0.772. The number of carbonyl (C=O) groups is 1. The molecule has 13 heavy (non-hydrogen) atoms. The number of halogens is 1. The molecule has 0 bridgehead atoms. The van der Waals surface area contributed by atoms with E-state index in [2.05, 4.69) is 4.98 Å². The summed E-state index contributed by atoms with van der Waals surface area (Å²) in [6, 6.07) is 0. The van der Waals surface area contributed by atoms with Gasteiger partial charge in [-0.2, -0.15) is 4.39 Å². The lowest BCUT2D eigenvalue weighted by molar-refractivity contribution is 0.0990. The highest BCUT2D eigenvalue weighted by molar-refractivity contribution is 5.90. The molecule has 70 valence electrons. The molecule has 0 saturated heterocycles. The average Bonchev–Trinajstić information content (AvgIpc) is 2.08. The summed E-state index contributed by atoms with van der Waals surface area (Å²) < 4.78 is 13.2. The van der Waals surface area contributed by atoms with Crippen LogP contribution in [0.3, 0.4) is 0 Å². The quantitative estimate of drug-likeness (QED) is 0.584. The predicted octanol–water partition coefficient (Wildman–Crippen LogP) is -1.57. The van der Waals surface area contributed by atoms with Crippen molar-refractivity contribution in [1.82, 2.24) is 9.55 Å². The van der Waals surface area contributed by atoms with Gasteiger partial charge in [0.25, 0.3) is 11.5 Å². The zero-order valence-corrected chi connectivity index (χ0v) is 6.40. The van der Waals surface area contributed by atoms with E-state index in [0.29, 0.717) is 10.8 Å². The van der Waals surface area contributed by atoms with Crippen LogP contribution in [0.4, 0.5) is 4.39 Å². The predicted molar refractivity (Wildman–Crippen MR) is 39.2 cm³/mol. The van der Waals surface area contributed by atoms with E-state index in [9.17, 15) is 14.0 Å². The fraction of sp³-hybridized carbons (Fsp3) is 0.167. The highest BCUT2D eigenvalue weighted by Gasteiger charge is 2.12. The smallest absolute Gasteiger partial charge is 0.284 e. The monoisotopic (exact) mass is 187 g/mol. The molecule has 1 heterocycles. The van der Waals surface area contributed by atoms with E-state index in [1.54, 1.807) is 0 Å². The lowest BCUT2D eigenvalue weighted by Crippen LogP contribution is -2.31. The summed E-state index contributed by atoms with van der Waals surface area (Å²) in [5.74, 6) is -2.19. The number of hydrogen-bond donors (Lipinski definition) is 2. The molecule has 0 fully saturated rings. The maximum atomic E-state index is 12.6. The van der Waals surface area contributed by atoms with Gasteiger partial charge in [-0.3, -0.25) is 14.2 Å². The Balaban J connectivity index is 3.45. The van der Waals surface area contributed by atoms with E-state index in [1.807, 2.05) is 0 Å². The van der Waals surface area contributed by atoms with E-state index >= 15 is 0 Å². The van der Waals surface area contributed by atoms with Crippen molar-refractivity contribution in [2.75, 3.05) is 0 Å². The molecular weight excluding hydrogens is 181 g/mol. The van der Waals surface area contributed by atoms with Gasteiger partial charge < -0.3 is 10.8 Å². The van der Waals surface area contributed by atoms with Gasteiger partial charge in [0.15, 0.2) is 5.69 Å². The van der Waals surface area contributed by atoms with E-state index in [0.717, 1.165) is 0 Å². The normalized spacial score (nSPS) is 10.0. The van der Waals surface area contributed by atoms with Gasteiger partial charge in [0, 0.05) is 0 Å². The van der Waals surface area contributed by atoms with Crippen LogP contribution in [0.15, 0.2) is 11.0 Å². The van der Waals surface area contributed by atoms with Crippen LogP contribution in [0, 0.1) is 5.95 Å². The Bertz CT molecular complexity index is 401. The van der Waals surface area contributed by atoms with Crippen LogP contribution in [0.25, 0.3) is 0 Å². The van der Waals surface area contributed by atoms with Crippen molar-refractivity contribution < 1.29 is 14.3 Å². The molecule has 0 aliphatic rings. The van der Waals surface area contributed by atoms with Crippen LogP contribution in [0.2, 0.25) is 0 Å². The molecule has 1 rings (SSSR count). The standard InChI is InChI=1S/C6H6FN3O3/c7-3-1-10(2-11)6(13)4(9-3)5(8)12/h1,11H,2H2,(H2,8,12). The maximum Gasteiger partial charge on any atom is 0.284 e. The first-order valence-corrected chi connectivity index (χ1v) is 3.24. The maximum absolute atomic E-state index is 12.6. The Kier molecular flexibility index (Phi) is 2.38. The summed E-state index contributed by atoms with van der Waals surface area (Å²) in [5.41, 5.74) is 3.10. The SMILES string of the molecule is NC(=O)c1nc(F)cn(CO)c1=O. The Morgan fingerprint density at radius 2 is 2.38 bits per heavy atom. The second kappa shape index (κ2) is 3.31. The Morgan fingerprint density at radius 1 is 1.77 bits per heavy atom. The number of aliphatic hydroxyl groups is 1. The number of aliphatic hydroxyl groups excluding tert-OH is 1. The van der Waals surface area contributed by atoms with Crippen molar-refractivity contribution in [1.29, 1.82) is 0 Å². The summed E-state index contributed by atoms with van der Waals surface area (Å²) >= 11 is 0. The summed E-state index contributed by atoms with van der Waals surface area (Å²) in [4.78, 5) is 24.6. The number of hydrogen-bond acceptors (Lipinski definition) is 4. The molecule has 1 amide bonds. The van der Waals surface area contributed by atoms with Crippen LogP contribution in [0.5, 0.6) is 0 Å². The molecule has 0 atom stereocenters. The fourth-order valence-electron chi connectivity index (χ4n) is 0.772.